The molecule has 1 aliphatic carbocycles. The van der Waals surface area contributed by atoms with E-state index >= 15 is 0 Å². The van der Waals surface area contributed by atoms with E-state index in [-0.39, 0.29) is 0 Å². The predicted octanol–water partition coefficient (Wildman–Crippen LogP) is 4.59. The maximum atomic E-state index is 6.36. The van der Waals surface area contributed by atoms with Crippen LogP contribution in [-0.2, 0) is 0 Å². The summed E-state index contributed by atoms with van der Waals surface area (Å²) >= 11 is 10.1. The van der Waals surface area contributed by atoms with Gasteiger partial charge in [-0.25, -0.2) is 0 Å². The molecule has 3 atom stereocenters. The van der Waals surface area contributed by atoms with Gasteiger partial charge in [-0.05, 0) is 29.9 Å². The van der Waals surface area contributed by atoms with Crippen LogP contribution < -0.4 is 9.47 Å². The lowest BCUT2D eigenvalue weighted by molar-refractivity contribution is 0.297. The fraction of sp³-hybridized carbons (Fsp3) is 0.571. The van der Waals surface area contributed by atoms with Crippen molar-refractivity contribution in [3.05, 3.63) is 22.7 Å². The van der Waals surface area contributed by atoms with E-state index in [4.69, 9.17) is 21.1 Å². The Balaban J connectivity index is 1.92. The maximum absolute atomic E-state index is 6.36. The van der Waals surface area contributed by atoms with E-state index in [2.05, 4.69) is 22.9 Å². The lowest BCUT2D eigenvalue weighted by atomic mass is 10.1. The Morgan fingerprint density at radius 1 is 1.28 bits per heavy atom. The summed E-state index contributed by atoms with van der Waals surface area (Å²) in [5.41, 5.74) is 1.12. The first kappa shape index (κ1) is 12.6. The molecule has 1 aliphatic heterocycles. The molecule has 1 aromatic carbocycles. The molecule has 3 rings (SSSR count). The summed E-state index contributed by atoms with van der Waals surface area (Å²) in [6.45, 7) is 3.68. The van der Waals surface area contributed by atoms with E-state index in [9.17, 15) is 0 Å². The third-order valence-electron chi connectivity index (χ3n) is 3.71. The molecule has 1 aromatic rings. The third kappa shape index (κ3) is 2.35. The Hall–Kier alpha value is -0.410. The second kappa shape index (κ2) is 4.93. The predicted molar refractivity (Wildman–Crippen MR) is 76.0 cm³/mol. The van der Waals surface area contributed by atoms with Gasteiger partial charge in [0.1, 0.15) is 0 Å². The Morgan fingerprint density at radius 2 is 1.89 bits per heavy atom. The molecular formula is C14H16BrClO2. The van der Waals surface area contributed by atoms with Crippen molar-refractivity contribution >= 4 is 27.5 Å². The van der Waals surface area contributed by atoms with Crippen LogP contribution in [0.5, 0.6) is 11.5 Å². The van der Waals surface area contributed by atoms with E-state index in [1.165, 1.54) is 6.42 Å². The normalized spacial score (nSPS) is 27.5. The van der Waals surface area contributed by atoms with Crippen LogP contribution in [0.2, 0.25) is 5.02 Å². The van der Waals surface area contributed by atoms with Gasteiger partial charge in [0.2, 0.25) is 0 Å². The molecule has 0 aromatic heterocycles. The molecule has 0 N–H and O–H groups in total. The summed E-state index contributed by atoms with van der Waals surface area (Å²) in [6, 6.07) is 3.92. The van der Waals surface area contributed by atoms with Crippen molar-refractivity contribution in [2.45, 2.75) is 24.6 Å². The van der Waals surface area contributed by atoms with E-state index in [0.717, 1.165) is 34.4 Å². The van der Waals surface area contributed by atoms with Crippen molar-refractivity contribution in [3.63, 3.8) is 0 Å². The molecule has 1 saturated carbocycles. The second-order valence-corrected chi connectivity index (χ2v) is 6.54. The van der Waals surface area contributed by atoms with Gasteiger partial charge >= 0.3 is 0 Å². The smallest absolute Gasteiger partial charge is 0.162 e. The first-order chi connectivity index (χ1) is 8.66. The number of hydrogen-bond acceptors (Lipinski definition) is 2. The van der Waals surface area contributed by atoms with Gasteiger partial charge in [0, 0.05) is 22.3 Å². The van der Waals surface area contributed by atoms with Crippen LogP contribution in [-0.4, -0.2) is 13.2 Å². The zero-order valence-corrected chi connectivity index (χ0v) is 12.6. The highest BCUT2D eigenvalue weighted by Gasteiger charge is 2.40. The minimum absolute atomic E-state index is 0.317. The maximum Gasteiger partial charge on any atom is 0.162 e. The van der Waals surface area contributed by atoms with E-state index < -0.39 is 0 Å². The summed E-state index contributed by atoms with van der Waals surface area (Å²) in [5.74, 6) is 3.06. The number of alkyl halides is 1. The molecule has 0 saturated heterocycles. The zero-order chi connectivity index (χ0) is 12.7. The van der Waals surface area contributed by atoms with Crippen LogP contribution in [0, 0.1) is 11.8 Å². The van der Waals surface area contributed by atoms with Gasteiger partial charge in [0.15, 0.2) is 11.5 Å². The van der Waals surface area contributed by atoms with Gasteiger partial charge in [0.25, 0.3) is 0 Å². The standard InChI is InChI=1S/C14H16BrClO2/c1-8-5-9(8)14(15)10-6-12-13(7-11(10)16)18-4-2-3-17-12/h6-9,14H,2-5H2,1H3. The highest BCUT2D eigenvalue weighted by atomic mass is 79.9. The highest BCUT2D eigenvalue weighted by Crippen LogP contribution is 2.53. The quantitative estimate of drug-likeness (QED) is 0.738. The van der Waals surface area contributed by atoms with Crippen LogP contribution in [0.3, 0.4) is 0 Å². The van der Waals surface area contributed by atoms with Crippen molar-refractivity contribution in [3.8, 4) is 11.5 Å². The fourth-order valence-electron chi connectivity index (χ4n) is 2.40. The molecule has 98 valence electrons. The van der Waals surface area contributed by atoms with Gasteiger partial charge in [-0.3, -0.25) is 0 Å². The Morgan fingerprint density at radius 3 is 2.50 bits per heavy atom. The average molecular weight is 332 g/mol. The molecule has 3 unspecified atom stereocenters. The van der Waals surface area contributed by atoms with Crippen LogP contribution in [0.15, 0.2) is 12.1 Å². The molecule has 0 radical (unpaired) electrons. The number of ether oxygens (including phenoxy) is 2. The third-order valence-corrected chi connectivity index (χ3v) is 5.21. The molecule has 4 heteroatoms. The fourth-order valence-corrected chi connectivity index (χ4v) is 3.92. The summed E-state index contributed by atoms with van der Waals surface area (Å²) in [5, 5.41) is 0.764. The lowest BCUT2D eigenvalue weighted by Crippen LogP contribution is -1.98. The molecule has 2 aliphatic rings. The number of halogens is 2. The van der Waals surface area contributed by atoms with Crippen LogP contribution in [0.1, 0.15) is 30.2 Å². The molecule has 18 heavy (non-hydrogen) atoms. The average Bonchev–Trinajstić information content (AvgIpc) is 3.10. The molecule has 0 amide bonds. The van der Waals surface area contributed by atoms with Gasteiger partial charge < -0.3 is 9.47 Å². The first-order valence-corrected chi connectivity index (χ1v) is 7.69. The zero-order valence-electron chi connectivity index (χ0n) is 10.3. The van der Waals surface area contributed by atoms with Gasteiger partial charge in [-0.1, -0.05) is 34.5 Å². The van der Waals surface area contributed by atoms with E-state index in [1.54, 1.807) is 0 Å². The van der Waals surface area contributed by atoms with E-state index in [1.807, 2.05) is 12.1 Å². The summed E-state index contributed by atoms with van der Waals surface area (Å²) < 4.78 is 11.4. The first-order valence-electron chi connectivity index (χ1n) is 6.40. The number of benzene rings is 1. The topological polar surface area (TPSA) is 18.5 Å². The summed E-state index contributed by atoms with van der Waals surface area (Å²) in [6.07, 6.45) is 2.18. The van der Waals surface area contributed by atoms with Gasteiger partial charge in [-0.15, -0.1) is 0 Å². The molecular weight excluding hydrogens is 316 g/mol. The minimum Gasteiger partial charge on any atom is -0.490 e. The summed E-state index contributed by atoms with van der Waals surface area (Å²) in [7, 11) is 0. The number of hydrogen-bond donors (Lipinski definition) is 0. The van der Waals surface area contributed by atoms with Crippen LogP contribution >= 0.6 is 27.5 Å². The molecule has 0 bridgehead atoms. The SMILES string of the molecule is CC1CC1C(Br)c1cc2c(cc1Cl)OCCCO2. The van der Waals surface area contributed by atoms with Crippen molar-refractivity contribution in [1.82, 2.24) is 0 Å². The molecule has 0 spiro atoms. The van der Waals surface area contributed by atoms with E-state index in [0.29, 0.717) is 24.0 Å². The second-order valence-electron chi connectivity index (χ2n) is 5.15. The lowest BCUT2D eigenvalue weighted by Gasteiger charge is -2.15. The molecule has 1 heterocycles. The number of fused-ring (bicyclic) bond motifs is 1. The summed E-state index contributed by atoms with van der Waals surface area (Å²) in [4.78, 5) is 0.317. The molecule has 1 fully saturated rings. The Labute approximate surface area is 121 Å². The Bertz CT molecular complexity index is 463. The van der Waals surface area contributed by atoms with Crippen molar-refractivity contribution in [1.29, 1.82) is 0 Å². The van der Waals surface area contributed by atoms with Crippen molar-refractivity contribution in [2.75, 3.05) is 13.2 Å². The number of rotatable bonds is 2. The van der Waals surface area contributed by atoms with Gasteiger partial charge in [0.05, 0.1) is 13.2 Å². The highest BCUT2D eigenvalue weighted by molar-refractivity contribution is 9.09. The van der Waals surface area contributed by atoms with Crippen molar-refractivity contribution < 1.29 is 9.47 Å². The van der Waals surface area contributed by atoms with Crippen LogP contribution in [0.4, 0.5) is 0 Å². The minimum atomic E-state index is 0.317. The van der Waals surface area contributed by atoms with Crippen LogP contribution in [0.25, 0.3) is 0 Å². The van der Waals surface area contributed by atoms with Crippen molar-refractivity contribution in [2.24, 2.45) is 11.8 Å². The molecule has 2 nitrogen and oxygen atoms in total. The monoisotopic (exact) mass is 330 g/mol. The largest absolute Gasteiger partial charge is 0.490 e. The Kier molecular flexibility index (Phi) is 3.46. The van der Waals surface area contributed by atoms with Gasteiger partial charge in [-0.2, -0.15) is 0 Å².